The molecule has 0 unspecified atom stereocenters. The summed E-state index contributed by atoms with van der Waals surface area (Å²) in [5.74, 6) is 0.568. The van der Waals surface area contributed by atoms with Crippen LogP contribution in [0.5, 0.6) is 0 Å². The van der Waals surface area contributed by atoms with Gasteiger partial charge in [-0.1, -0.05) is 5.11 Å². The first-order valence-corrected chi connectivity index (χ1v) is 2.52. The van der Waals surface area contributed by atoms with E-state index in [1.54, 1.807) is 0 Å². The van der Waals surface area contributed by atoms with Crippen molar-refractivity contribution >= 4 is 11.6 Å². The summed E-state index contributed by atoms with van der Waals surface area (Å²) in [6, 6.07) is 0. The fraction of sp³-hybridized carbons (Fsp3) is 1.00. The zero-order chi connectivity index (χ0) is 5.54. The van der Waals surface area contributed by atoms with Gasteiger partial charge in [-0.3, -0.25) is 0 Å². The van der Waals surface area contributed by atoms with Gasteiger partial charge in [0.25, 0.3) is 0 Å². The highest BCUT2D eigenvalue weighted by Crippen LogP contribution is 1.83. The van der Waals surface area contributed by atoms with E-state index in [2.05, 4.69) is 10.0 Å². The standard InChI is InChI=1S/C3H6ClN3/c4-2-1-3-6-7-5/h1-3H2. The van der Waals surface area contributed by atoms with Gasteiger partial charge in [-0.15, -0.1) is 11.6 Å². The minimum atomic E-state index is 0.514. The maximum atomic E-state index is 7.71. The van der Waals surface area contributed by atoms with Crippen LogP contribution in [-0.2, 0) is 0 Å². The number of nitrogens with zero attached hydrogens (tertiary/aromatic N) is 3. The first-order chi connectivity index (χ1) is 3.41. The minimum absolute atomic E-state index is 0.514. The maximum absolute atomic E-state index is 7.71. The van der Waals surface area contributed by atoms with Crippen molar-refractivity contribution in [3.05, 3.63) is 10.4 Å². The van der Waals surface area contributed by atoms with Gasteiger partial charge < -0.3 is 0 Å². The molecule has 0 fully saturated rings. The first-order valence-electron chi connectivity index (χ1n) is 1.98. The molecule has 0 spiro atoms. The smallest absolute Gasteiger partial charge is 0.0269 e. The number of alkyl halides is 1. The summed E-state index contributed by atoms with van der Waals surface area (Å²) >= 11 is 5.25. The quantitative estimate of drug-likeness (QED) is 0.179. The van der Waals surface area contributed by atoms with Crippen molar-refractivity contribution in [1.29, 1.82) is 0 Å². The summed E-state index contributed by atoms with van der Waals surface area (Å²) in [4.78, 5) is 2.54. The Kier molecular flexibility index (Phi) is 5.28. The predicted octanol–water partition coefficient (Wildman–Crippen LogP) is 1.93. The van der Waals surface area contributed by atoms with Gasteiger partial charge in [0, 0.05) is 17.3 Å². The lowest BCUT2D eigenvalue weighted by Crippen LogP contribution is -1.76. The van der Waals surface area contributed by atoms with Crippen LogP contribution >= 0.6 is 11.6 Å². The van der Waals surface area contributed by atoms with E-state index in [1.165, 1.54) is 0 Å². The second-order valence-corrected chi connectivity index (χ2v) is 1.37. The van der Waals surface area contributed by atoms with E-state index in [1.807, 2.05) is 0 Å². The maximum Gasteiger partial charge on any atom is 0.0269 e. The molecule has 0 bridgehead atoms. The molecule has 0 N–H and O–H groups in total. The average Bonchev–Trinajstić information content (AvgIpc) is 1.69. The molecule has 0 aliphatic rings. The number of hydrogen-bond acceptors (Lipinski definition) is 1. The molecular weight excluding hydrogens is 114 g/mol. The molecule has 0 atom stereocenters. The average molecular weight is 120 g/mol. The van der Waals surface area contributed by atoms with Crippen LogP contribution < -0.4 is 0 Å². The topological polar surface area (TPSA) is 48.8 Å². The Balaban J connectivity index is 2.83. The summed E-state index contributed by atoms with van der Waals surface area (Å²) in [6.07, 6.45) is 0.769. The lowest BCUT2D eigenvalue weighted by atomic mass is 10.5. The Morgan fingerprint density at radius 1 is 1.71 bits per heavy atom. The molecule has 7 heavy (non-hydrogen) atoms. The minimum Gasteiger partial charge on any atom is -0.127 e. The summed E-state index contributed by atoms with van der Waals surface area (Å²) < 4.78 is 0. The normalized spacial score (nSPS) is 7.57. The van der Waals surface area contributed by atoms with Gasteiger partial charge in [0.15, 0.2) is 0 Å². The molecule has 0 aromatic heterocycles. The van der Waals surface area contributed by atoms with Crippen LogP contribution in [0.15, 0.2) is 5.11 Å². The summed E-state index contributed by atoms with van der Waals surface area (Å²) in [7, 11) is 0. The van der Waals surface area contributed by atoms with Crippen molar-refractivity contribution in [2.24, 2.45) is 5.11 Å². The molecule has 0 rings (SSSR count). The summed E-state index contributed by atoms with van der Waals surface area (Å²) in [5, 5.41) is 3.26. The van der Waals surface area contributed by atoms with Crippen LogP contribution in [0, 0.1) is 0 Å². The van der Waals surface area contributed by atoms with Crippen molar-refractivity contribution in [3.8, 4) is 0 Å². The Morgan fingerprint density at radius 2 is 2.43 bits per heavy atom. The fourth-order valence-corrected chi connectivity index (χ4v) is 0.295. The molecule has 0 aromatic carbocycles. The summed E-state index contributed by atoms with van der Waals surface area (Å²) in [6.45, 7) is 0.514. The molecular formula is C3H6ClN3. The fourth-order valence-electron chi connectivity index (χ4n) is 0.175. The van der Waals surface area contributed by atoms with Crippen molar-refractivity contribution in [1.82, 2.24) is 0 Å². The van der Waals surface area contributed by atoms with Gasteiger partial charge in [0.1, 0.15) is 0 Å². The zero-order valence-corrected chi connectivity index (χ0v) is 4.60. The van der Waals surface area contributed by atoms with E-state index in [4.69, 9.17) is 17.1 Å². The molecule has 0 aliphatic carbocycles. The zero-order valence-electron chi connectivity index (χ0n) is 3.84. The van der Waals surface area contributed by atoms with E-state index in [9.17, 15) is 0 Å². The van der Waals surface area contributed by atoms with Gasteiger partial charge in [0.2, 0.25) is 0 Å². The second-order valence-electron chi connectivity index (χ2n) is 0.997. The third-order valence-electron chi connectivity index (χ3n) is 0.455. The van der Waals surface area contributed by atoms with Crippen molar-refractivity contribution in [2.45, 2.75) is 6.42 Å². The first kappa shape index (κ1) is 6.60. The third-order valence-corrected chi connectivity index (χ3v) is 0.722. The van der Waals surface area contributed by atoms with E-state index < -0.39 is 0 Å². The van der Waals surface area contributed by atoms with Crippen LogP contribution in [0.2, 0.25) is 0 Å². The summed E-state index contributed by atoms with van der Waals surface area (Å²) in [5.41, 5.74) is 7.71. The van der Waals surface area contributed by atoms with Crippen molar-refractivity contribution in [2.75, 3.05) is 12.4 Å². The van der Waals surface area contributed by atoms with E-state index in [-0.39, 0.29) is 0 Å². The van der Waals surface area contributed by atoms with Gasteiger partial charge in [-0.25, -0.2) is 0 Å². The molecule has 0 saturated heterocycles. The van der Waals surface area contributed by atoms with E-state index in [0.717, 1.165) is 6.42 Å². The van der Waals surface area contributed by atoms with Crippen molar-refractivity contribution < 1.29 is 0 Å². The van der Waals surface area contributed by atoms with Gasteiger partial charge in [-0.05, 0) is 12.0 Å². The number of halogens is 1. The highest BCUT2D eigenvalue weighted by molar-refractivity contribution is 6.17. The molecule has 0 aromatic rings. The lowest BCUT2D eigenvalue weighted by Gasteiger charge is -1.79. The number of rotatable bonds is 3. The molecule has 4 heteroatoms. The molecule has 40 valence electrons. The van der Waals surface area contributed by atoms with E-state index in [0.29, 0.717) is 12.4 Å². The molecule has 0 saturated carbocycles. The molecule has 0 aliphatic heterocycles. The molecule has 3 nitrogen and oxygen atoms in total. The SMILES string of the molecule is [N-]=[N+]=NCCCCl. The van der Waals surface area contributed by atoms with Gasteiger partial charge in [0.05, 0.1) is 0 Å². The van der Waals surface area contributed by atoms with Gasteiger partial charge >= 0.3 is 0 Å². The predicted molar refractivity (Wildman–Crippen MR) is 29.3 cm³/mol. The number of hydrogen-bond donors (Lipinski definition) is 0. The Hall–Kier alpha value is -0.400. The van der Waals surface area contributed by atoms with E-state index >= 15 is 0 Å². The molecule has 0 heterocycles. The lowest BCUT2D eigenvalue weighted by molar-refractivity contribution is 0.928. The number of azide groups is 1. The monoisotopic (exact) mass is 119 g/mol. The Bertz CT molecular complexity index is 76.2. The highest BCUT2D eigenvalue weighted by Gasteiger charge is 1.75. The van der Waals surface area contributed by atoms with Crippen LogP contribution in [0.4, 0.5) is 0 Å². The van der Waals surface area contributed by atoms with Crippen LogP contribution in [-0.4, -0.2) is 12.4 Å². The second kappa shape index (κ2) is 5.60. The Labute approximate surface area is 46.9 Å². The molecule has 0 amide bonds. The van der Waals surface area contributed by atoms with Crippen LogP contribution in [0.3, 0.4) is 0 Å². The third kappa shape index (κ3) is 5.60. The van der Waals surface area contributed by atoms with Crippen LogP contribution in [0.1, 0.15) is 6.42 Å². The highest BCUT2D eigenvalue weighted by atomic mass is 35.5. The van der Waals surface area contributed by atoms with Crippen molar-refractivity contribution in [3.63, 3.8) is 0 Å². The van der Waals surface area contributed by atoms with Crippen LogP contribution in [0.25, 0.3) is 10.4 Å². The molecule has 0 radical (unpaired) electrons. The Morgan fingerprint density at radius 3 is 2.86 bits per heavy atom. The largest absolute Gasteiger partial charge is 0.127 e. The van der Waals surface area contributed by atoms with Gasteiger partial charge in [-0.2, -0.15) is 0 Å².